The lowest BCUT2D eigenvalue weighted by atomic mass is 9.84. The lowest BCUT2D eigenvalue weighted by Gasteiger charge is -2.36. The van der Waals surface area contributed by atoms with Crippen molar-refractivity contribution < 1.29 is 9.18 Å². The van der Waals surface area contributed by atoms with Gasteiger partial charge in [0.05, 0.1) is 17.3 Å². The maximum absolute atomic E-state index is 14.1. The number of hydrogen-bond donors (Lipinski definition) is 0. The van der Waals surface area contributed by atoms with E-state index in [2.05, 4.69) is 125 Å². The Labute approximate surface area is 303 Å². The second-order valence-electron chi connectivity index (χ2n) is 13.4. The molecule has 6 aromatic rings. The summed E-state index contributed by atoms with van der Waals surface area (Å²) < 4.78 is 16.0. The predicted molar refractivity (Wildman–Crippen MR) is 204 cm³/mol. The lowest BCUT2D eigenvalue weighted by Crippen LogP contribution is -2.51. The molecular formula is C44H41FN4OS. The monoisotopic (exact) mass is 692 g/mol. The van der Waals surface area contributed by atoms with Crippen LogP contribution >= 0.6 is 11.8 Å². The minimum absolute atomic E-state index is 0.0926. The number of amides is 1. The Morgan fingerprint density at radius 2 is 1.43 bits per heavy atom. The van der Waals surface area contributed by atoms with Gasteiger partial charge in [0.2, 0.25) is 5.91 Å². The summed E-state index contributed by atoms with van der Waals surface area (Å²) in [6.07, 6.45) is 5.72. The number of rotatable bonds is 10. The third-order valence-electron chi connectivity index (χ3n) is 10.3. The number of aryl methyl sites for hydroxylation is 1. The van der Waals surface area contributed by atoms with E-state index < -0.39 is 4.75 Å². The number of nitrogens with zero attached hydrogens (tertiary/aromatic N) is 4. The van der Waals surface area contributed by atoms with Crippen LogP contribution in [0, 0.1) is 5.82 Å². The first-order chi connectivity index (χ1) is 25.1. The van der Waals surface area contributed by atoms with Gasteiger partial charge >= 0.3 is 0 Å². The minimum Gasteiger partial charge on any atom is -0.325 e. The lowest BCUT2D eigenvalue weighted by molar-refractivity contribution is -0.121. The number of benzene rings is 5. The van der Waals surface area contributed by atoms with Crippen molar-refractivity contribution >= 4 is 23.4 Å². The Morgan fingerprint density at radius 1 is 0.765 bits per heavy atom. The summed E-state index contributed by atoms with van der Waals surface area (Å²) in [7, 11) is 0. The standard InChI is InChI=1S/C44H41FN4OS/c45-37-20-10-13-33(29-37)41-23-12-24-42-46-31-39(49(41)42)25-26-47-27-28-48(43(50)32-47)38-21-11-22-40(30-38)51-44(34-14-4-1-5-15-34,35-16-6-2-7-17-35)36-18-8-3-9-19-36/h1-11,13-22,29-31,41H,12,23-28,32H2. The van der Waals surface area contributed by atoms with E-state index >= 15 is 0 Å². The maximum atomic E-state index is 14.1. The van der Waals surface area contributed by atoms with E-state index in [-0.39, 0.29) is 17.8 Å². The number of piperazine rings is 1. The first-order valence-electron chi connectivity index (χ1n) is 17.9. The third-order valence-corrected chi connectivity index (χ3v) is 11.8. The van der Waals surface area contributed by atoms with Crippen molar-refractivity contribution in [1.29, 1.82) is 0 Å². The highest BCUT2D eigenvalue weighted by molar-refractivity contribution is 8.00. The number of aromatic nitrogens is 2. The number of hydrogen-bond acceptors (Lipinski definition) is 4. The van der Waals surface area contributed by atoms with Gasteiger partial charge in [0, 0.05) is 54.9 Å². The highest BCUT2D eigenvalue weighted by Crippen LogP contribution is 2.52. The van der Waals surface area contributed by atoms with Crippen LogP contribution in [0.1, 0.15) is 52.7 Å². The SMILES string of the molecule is O=C1CN(CCc2cnc3n2C(c2cccc(F)c2)CCC3)CCN1c1cccc(SC(c2ccccc2)(c2ccccc2)c2ccccc2)c1. The van der Waals surface area contributed by atoms with Crippen molar-refractivity contribution in [2.24, 2.45) is 0 Å². The van der Waals surface area contributed by atoms with Gasteiger partial charge in [-0.15, -0.1) is 11.8 Å². The van der Waals surface area contributed by atoms with Gasteiger partial charge in [0.1, 0.15) is 11.6 Å². The fraction of sp³-hybridized carbons (Fsp3) is 0.227. The zero-order valence-electron chi connectivity index (χ0n) is 28.6. The highest BCUT2D eigenvalue weighted by atomic mass is 32.2. The van der Waals surface area contributed by atoms with Crippen molar-refractivity contribution in [3.63, 3.8) is 0 Å². The maximum Gasteiger partial charge on any atom is 0.241 e. The van der Waals surface area contributed by atoms with Gasteiger partial charge in [0.25, 0.3) is 0 Å². The van der Waals surface area contributed by atoms with Crippen LogP contribution in [0.15, 0.2) is 151 Å². The van der Waals surface area contributed by atoms with Gasteiger partial charge in [-0.25, -0.2) is 9.37 Å². The quantitative estimate of drug-likeness (QED) is 0.106. The van der Waals surface area contributed by atoms with Crippen LogP contribution in [-0.2, 0) is 22.4 Å². The molecule has 1 fully saturated rings. The van der Waals surface area contributed by atoms with Crippen LogP contribution in [0.3, 0.4) is 0 Å². The number of carbonyl (C=O) groups excluding carboxylic acids is 1. The van der Waals surface area contributed by atoms with Gasteiger partial charge in [-0.1, -0.05) is 109 Å². The molecule has 1 saturated heterocycles. The Bertz CT molecular complexity index is 2010. The number of thioether (sulfide) groups is 1. The van der Waals surface area contributed by atoms with Gasteiger partial charge in [-0.3, -0.25) is 9.69 Å². The van der Waals surface area contributed by atoms with Crippen molar-refractivity contribution in [2.75, 3.05) is 31.1 Å². The molecule has 0 spiro atoms. The van der Waals surface area contributed by atoms with E-state index in [1.54, 1.807) is 12.1 Å². The van der Waals surface area contributed by atoms with E-state index in [0.29, 0.717) is 13.1 Å². The average Bonchev–Trinajstić information content (AvgIpc) is 3.61. The summed E-state index contributed by atoms with van der Waals surface area (Å²) in [6.45, 7) is 2.56. The second-order valence-corrected chi connectivity index (χ2v) is 14.7. The molecule has 1 amide bonds. The van der Waals surface area contributed by atoms with Crippen molar-refractivity contribution in [3.05, 3.63) is 185 Å². The molecule has 1 unspecified atom stereocenters. The van der Waals surface area contributed by atoms with Crippen LogP contribution in [0.5, 0.6) is 0 Å². The summed E-state index contributed by atoms with van der Waals surface area (Å²) in [5.74, 6) is 0.974. The molecule has 8 rings (SSSR count). The molecule has 2 aliphatic rings. The fourth-order valence-electron chi connectivity index (χ4n) is 7.85. The van der Waals surface area contributed by atoms with Crippen LogP contribution in [0.4, 0.5) is 10.1 Å². The van der Waals surface area contributed by atoms with E-state index in [4.69, 9.17) is 4.98 Å². The van der Waals surface area contributed by atoms with Gasteiger partial charge in [-0.2, -0.15) is 0 Å². The molecule has 1 aromatic heterocycles. The molecule has 0 saturated carbocycles. The molecule has 0 radical (unpaired) electrons. The predicted octanol–water partition coefficient (Wildman–Crippen LogP) is 8.92. The second kappa shape index (κ2) is 14.7. The Kier molecular flexibility index (Phi) is 9.57. The van der Waals surface area contributed by atoms with Gasteiger partial charge in [-0.05, 0) is 65.4 Å². The first kappa shape index (κ1) is 33.2. The van der Waals surface area contributed by atoms with E-state index in [9.17, 15) is 9.18 Å². The number of halogens is 1. The zero-order valence-corrected chi connectivity index (χ0v) is 29.4. The van der Waals surface area contributed by atoms with Crippen LogP contribution < -0.4 is 4.90 Å². The topological polar surface area (TPSA) is 41.4 Å². The van der Waals surface area contributed by atoms with Crippen molar-refractivity contribution in [1.82, 2.24) is 14.5 Å². The summed E-state index contributed by atoms with van der Waals surface area (Å²) in [6, 6.07) is 47.6. The summed E-state index contributed by atoms with van der Waals surface area (Å²) in [4.78, 5) is 23.8. The van der Waals surface area contributed by atoms with Crippen molar-refractivity contribution in [2.45, 2.75) is 41.4 Å². The fourth-order valence-corrected chi connectivity index (χ4v) is 9.29. The van der Waals surface area contributed by atoms with E-state index in [1.807, 2.05) is 28.9 Å². The molecule has 256 valence electrons. The van der Waals surface area contributed by atoms with Crippen LogP contribution in [0.25, 0.3) is 0 Å². The Morgan fingerprint density at radius 3 is 2.08 bits per heavy atom. The van der Waals surface area contributed by atoms with Crippen LogP contribution in [0.2, 0.25) is 0 Å². The van der Waals surface area contributed by atoms with Gasteiger partial charge < -0.3 is 9.47 Å². The number of imidazole rings is 1. The Hall–Kier alpha value is -4.98. The van der Waals surface area contributed by atoms with E-state index in [1.165, 1.54) is 22.8 Å². The molecule has 0 N–H and O–H groups in total. The minimum atomic E-state index is -0.494. The molecule has 51 heavy (non-hydrogen) atoms. The van der Waals surface area contributed by atoms with E-state index in [0.717, 1.165) is 66.4 Å². The number of carbonyl (C=O) groups is 1. The zero-order chi connectivity index (χ0) is 34.6. The summed E-state index contributed by atoms with van der Waals surface area (Å²) in [5, 5.41) is 0. The molecule has 3 heterocycles. The number of fused-ring (bicyclic) bond motifs is 1. The number of anilines is 1. The normalized spacial score (nSPS) is 16.6. The molecule has 0 aliphatic carbocycles. The van der Waals surface area contributed by atoms with Gasteiger partial charge in [0.15, 0.2) is 0 Å². The van der Waals surface area contributed by atoms with Crippen molar-refractivity contribution in [3.8, 4) is 0 Å². The molecule has 1 atom stereocenters. The largest absolute Gasteiger partial charge is 0.325 e. The smallest absolute Gasteiger partial charge is 0.241 e. The summed E-state index contributed by atoms with van der Waals surface area (Å²) >= 11 is 1.81. The third kappa shape index (κ3) is 6.76. The molecular weight excluding hydrogens is 652 g/mol. The molecule has 7 heteroatoms. The molecule has 0 bridgehead atoms. The summed E-state index contributed by atoms with van der Waals surface area (Å²) in [5.41, 5.74) is 6.67. The highest BCUT2D eigenvalue weighted by Gasteiger charge is 2.38. The molecule has 5 aromatic carbocycles. The van der Waals surface area contributed by atoms with Crippen LogP contribution in [-0.4, -0.2) is 46.5 Å². The first-order valence-corrected chi connectivity index (χ1v) is 18.7. The average molecular weight is 693 g/mol. The molecule has 2 aliphatic heterocycles. The Balaban J connectivity index is 1.00. The molecule has 5 nitrogen and oxygen atoms in total.